The Hall–Kier alpha value is -3.20. The third-order valence-corrected chi connectivity index (χ3v) is 4.55. The Labute approximate surface area is 174 Å². The second-order valence-corrected chi connectivity index (χ2v) is 6.91. The van der Waals surface area contributed by atoms with Crippen LogP contribution in [0.4, 0.5) is 0 Å². The van der Waals surface area contributed by atoms with Crippen LogP contribution in [0.25, 0.3) is 10.9 Å². The van der Waals surface area contributed by atoms with Gasteiger partial charge < -0.3 is 14.6 Å². The highest BCUT2D eigenvalue weighted by Gasteiger charge is 2.10. The number of aryl methyl sites for hydroxylation is 1. The number of hydrogen-bond acceptors (Lipinski definition) is 6. The van der Waals surface area contributed by atoms with Crippen LogP contribution in [0, 0.1) is 0 Å². The zero-order valence-electron chi connectivity index (χ0n) is 15.8. The maximum atomic E-state index is 12.9. The van der Waals surface area contributed by atoms with Gasteiger partial charge in [-0.2, -0.15) is 9.78 Å². The molecule has 0 spiro atoms. The zero-order valence-corrected chi connectivity index (χ0v) is 17.3. The predicted molar refractivity (Wildman–Crippen MR) is 112 cm³/mol. The summed E-state index contributed by atoms with van der Waals surface area (Å²) in [6, 6.07) is 10.3. The number of hydrogen-bond donors (Lipinski definition) is 1. The molecule has 1 heterocycles. The first-order chi connectivity index (χ1) is 13.9. The van der Waals surface area contributed by atoms with Crippen LogP contribution >= 0.6 is 15.9 Å². The summed E-state index contributed by atoms with van der Waals surface area (Å²) in [5.41, 5.74) is 0.994. The molecule has 2 aromatic carbocycles. The average molecular weight is 460 g/mol. The molecule has 29 heavy (non-hydrogen) atoms. The van der Waals surface area contributed by atoms with Gasteiger partial charge >= 0.3 is 5.97 Å². The number of methoxy groups -OCH3 is 1. The summed E-state index contributed by atoms with van der Waals surface area (Å²) in [6.45, 7) is 1.42. The fraction of sp³-hybridized carbons (Fsp3) is 0.200. The molecule has 1 aromatic heterocycles. The molecule has 1 N–H and O–H groups in total. The van der Waals surface area contributed by atoms with E-state index in [4.69, 9.17) is 14.6 Å². The molecule has 0 saturated carbocycles. The molecule has 8 nitrogen and oxygen atoms in total. The molecule has 0 aliphatic carbocycles. The second kappa shape index (κ2) is 8.87. The van der Waals surface area contributed by atoms with Crippen molar-refractivity contribution in [2.75, 3.05) is 13.7 Å². The number of halogens is 1. The summed E-state index contributed by atoms with van der Waals surface area (Å²) >= 11 is 3.37. The molecule has 0 fully saturated rings. The maximum absolute atomic E-state index is 12.9. The van der Waals surface area contributed by atoms with Crippen molar-refractivity contribution < 1.29 is 19.4 Å². The number of ether oxygens (including phenoxy) is 2. The fourth-order valence-corrected chi connectivity index (χ4v) is 3.05. The van der Waals surface area contributed by atoms with Gasteiger partial charge in [-0.3, -0.25) is 4.79 Å². The number of carboxylic acids is 1. The van der Waals surface area contributed by atoms with Gasteiger partial charge in [0.1, 0.15) is 5.82 Å². The third-order valence-electron chi connectivity index (χ3n) is 4.05. The lowest BCUT2D eigenvalue weighted by molar-refractivity contribution is -0.139. The predicted octanol–water partition coefficient (Wildman–Crippen LogP) is 3.08. The summed E-state index contributed by atoms with van der Waals surface area (Å²) in [7, 11) is 1.45. The fourth-order valence-electron chi connectivity index (χ4n) is 2.69. The summed E-state index contributed by atoms with van der Waals surface area (Å²) in [5.74, 6) is 0.114. The van der Waals surface area contributed by atoms with Crippen molar-refractivity contribution in [3.8, 4) is 11.5 Å². The standard InChI is InChI=1S/C20H18BrN3O5/c1-3-18-23-15-6-5-13(21)9-14(15)20(27)24(18)22-10-12-4-7-16(17(8-12)28-2)29-11-19(25)26/h4-10H,3,11H2,1-2H3,(H,25,26). The van der Waals surface area contributed by atoms with Gasteiger partial charge in [0.25, 0.3) is 5.56 Å². The molecule has 0 radical (unpaired) electrons. The highest BCUT2D eigenvalue weighted by atomic mass is 79.9. The maximum Gasteiger partial charge on any atom is 0.341 e. The van der Waals surface area contributed by atoms with Crippen molar-refractivity contribution >= 4 is 39.0 Å². The van der Waals surface area contributed by atoms with Crippen LogP contribution in [0.3, 0.4) is 0 Å². The van der Waals surface area contributed by atoms with Gasteiger partial charge in [-0.25, -0.2) is 9.78 Å². The monoisotopic (exact) mass is 459 g/mol. The van der Waals surface area contributed by atoms with Crippen molar-refractivity contribution in [3.63, 3.8) is 0 Å². The molecule has 3 rings (SSSR count). The number of benzene rings is 2. The molecule has 3 aromatic rings. The number of aromatic nitrogens is 2. The van der Waals surface area contributed by atoms with Gasteiger partial charge in [0.05, 0.1) is 24.2 Å². The van der Waals surface area contributed by atoms with E-state index in [-0.39, 0.29) is 5.56 Å². The van der Waals surface area contributed by atoms with Crippen molar-refractivity contribution in [3.05, 3.63) is 62.6 Å². The Kier molecular flexibility index (Phi) is 6.28. The lowest BCUT2D eigenvalue weighted by atomic mass is 10.2. The summed E-state index contributed by atoms with van der Waals surface area (Å²) in [6.07, 6.45) is 2.04. The quantitative estimate of drug-likeness (QED) is 0.544. The van der Waals surface area contributed by atoms with E-state index >= 15 is 0 Å². The van der Waals surface area contributed by atoms with E-state index in [1.807, 2.05) is 13.0 Å². The number of rotatable bonds is 7. The lowest BCUT2D eigenvalue weighted by Crippen LogP contribution is -2.22. The minimum Gasteiger partial charge on any atom is -0.493 e. The molecule has 150 valence electrons. The Morgan fingerprint density at radius 1 is 1.28 bits per heavy atom. The van der Waals surface area contributed by atoms with Gasteiger partial charge in [-0.15, -0.1) is 0 Å². The Bertz CT molecular complexity index is 1160. The minimum absolute atomic E-state index is 0.266. The zero-order chi connectivity index (χ0) is 21.0. The van der Waals surface area contributed by atoms with Gasteiger partial charge in [0.2, 0.25) is 0 Å². The molecule has 0 bridgehead atoms. The average Bonchev–Trinajstić information content (AvgIpc) is 2.71. The second-order valence-electron chi connectivity index (χ2n) is 6.00. The van der Waals surface area contributed by atoms with Crippen molar-refractivity contribution in [2.45, 2.75) is 13.3 Å². The van der Waals surface area contributed by atoms with Crippen LogP contribution in [0.1, 0.15) is 18.3 Å². The molecular formula is C20H18BrN3O5. The largest absolute Gasteiger partial charge is 0.493 e. The number of fused-ring (bicyclic) bond motifs is 1. The van der Waals surface area contributed by atoms with Gasteiger partial charge in [-0.1, -0.05) is 22.9 Å². The van der Waals surface area contributed by atoms with Gasteiger partial charge in [0.15, 0.2) is 18.1 Å². The van der Waals surface area contributed by atoms with E-state index in [1.165, 1.54) is 18.0 Å². The van der Waals surface area contributed by atoms with Gasteiger partial charge in [0, 0.05) is 10.9 Å². The molecule has 0 unspecified atom stereocenters. The smallest absolute Gasteiger partial charge is 0.341 e. The highest BCUT2D eigenvalue weighted by molar-refractivity contribution is 9.10. The van der Waals surface area contributed by atoms with E-state index in [0.29, 0.717) is 40.2 Å². The first-order valence-corrected chi connectivity index (χ1v) is 9.50. The first-order valence-electron chi connectivity index (χ1n) is 8.71. The van der Waals surface area contributed by atoms with Crippen LogP contribution in [0.5, 0.6) is 11.5 Å². The number of carboxylic acid groups (broad SMARTS) is 1. The van der Waals surface area contributed by atoms with E-state index in [9.17, 15) is 9.59 Å². The first kappa shape index (κ1) is 20.5. The number of carbonyl (C=O) groups is 1. The third kappa shape index (κ3) is 4.62. The molecule has 0 aliphatic heterocycles. The molecule has 0 atom stereocenters. The van der Waals surface area contributed by atoms with Crippen molar-refractivity contribution in [1.29, 1.82) is 0 Å². The van der Waals surface area contributed by atoms with Crippen LogP contribution in [0.15, 0.2) is 50.8 Å². The summed E-state index contributed by atoms with van der Waals surface area (Å²) < 4.78 is 12.5. The van der Waals surface area contributed by atoms with Crippen LogP contribution in [-0.4, -0.2) is 40.7 Å². The molecule has 0 saturated heterocycles. The number of aliphatic carboxylic acids is 1. The lowest BCUT2D eigenvalue weighted by Gasteiger charge is -2.10. The minimum atomic E-state index is -1.08. The van der Waals surface area contributed by atoms with Crippen LogP contribution < -0.4 is 15.0 Å². The normalized spacial score (nSPS) is 11.1. The molecule has 0 aliphatic rings. The van der Waals surface area contributed by atoms with Gasteiger partial charge in [-0.05, 0) is 42.0 Å². The van der Waals surface area contributed by atoms with Crippen molar-refractivity contribution in [2.24, 2.45) is 5.10 Å². The van der Waals surface area contributed by atoms with E-state index in [0.717, 1.165) is 4.47 Å². The SMILES string of the molecule is CCc1nc2ccc(Br)cc2c(=O)n1N=Cc1ccc(OCC(=O)O)c(OC)c1. The molecule has 9 heteroatoms. The van der Waals surface area contributed by atoms with Crippen molar-refractivity contribution in [1.82, 2.24) is 9.66 Å². The molecule has 0 amide bonds. The Balaban J connectivity index is 1.99. The van der Waals surface area contributed by atoms with Crippen LogP contribution in [-0.2, 0) is 11.2 Å². The van der Waals surface area contributed by atoms with Crippen LogP contribution in [0.2, 0.25) is 0 Å². The topological polar surface area (TPSA) is 103 Å². The van der Waals surface area contributed by atoms with E-state index < -0.39 is 12.6 Å². The van der Waals surface area contributed by atoms with E-state index in [1.54, 1.807) is 30.3 Å². The summed E-state index contributed by atoms with van der Waals surface area (Å²) in [5, 5.41) is 13.5. The van der Waals surface area contributed by atoms with E-state index in [2.05, 4.69) is 26.0 Å². The number of nitrogens with zero attached hydrogens (tertiary/aromatic N) is 3. The Morgan fingerprint density at radius 2 is 2.07 bits per heavy atom. The Morgan fingerprint density at radius 3 is 2.76 bits per heavy atom. The highest BCUT2D eigenvalue weighted by Crippen LogP contribution is 2.27. The molecular weight excluding hydrogens is 442 g/mol. The summed E-state index contributed by atoms with van der Waals surface area (Å²) in [4.78, 5) is 28.1.